The Morgan fingerprint density at radius 2 is 2.00 bits per heavy atom. The number of halogens is 2. The average Bonchev–Trinajstić information content (AvgIpc) is 2.41. The van der Waals surface area contributed by atoms with Crippen LogP contribution in [0.1, 0.15) is 11.1 Å². The van der Waals surface area contributed by atoms with Crippen molar-refractivity contribution in [2.45, 2.75) is 13.5 Å². The van der Waals surface area contributed by atoms with Gasteiger partial charge in [-0.1, -0.05) is 12.1 Å². The number of hydrogen-bond acceptors (Lipinski definition) is 2. The van der Waals surface area contributed by atoms with Crippen LogP contribution in [-0.2, 0) is 6.54 Å². The van der Waals surface area contributed by atoms with Gasteiger partial charge in [-0.15, -0.1) is 0 Å². The van der Waals surface area contributed by atoms with E-state index >= 15 is 0 Å². The zero-order chi connectivity index (χ0) is 13.8. The standard InChI is InChI=1S/C15H15BrFNO/c1-10-3-4-11(7-14(10)17)9-18-12-5-6-13(16)15(8-12)19-2/h3-8,18H,9H2,1-2H3. The number of hydrogen-bond donors (Lipinski definition) is 1. The van der Waals surface area contributed by atoms with Gasteiger partial charge >= 0.3 is 0 Å². The van der Waals surface area contributed by atoms with E-state index < -0.39 is 0 Å². The summed E-state index contributed by atoms with van der Waals surface area (Å²) in [4.78, 5) is 0. The summed E-state index contributed by atoms with van der Waals surface area (Å²) in [6.45, 7) is 2.33. The molecule has 0 aliphatic rings. The number of rotatable bonds is 4. The van der Waals surface area contributed by atoms with Crippen molar-refractivity contribution in [2.75, 3.05) is 12.4 Å². The number of ether oxygens (including phenoxy) is 1. The van der Waals surface area contributed by atoms with Crippen LogP contribution in [0.2, 0.25) is 0 Å². The molecule has 1 N–H and O–H groups in total. The molecular weight excluding hydrogens is 309 g/mol. The van der Waals surface area contributed by atoms with Crippen molar-refractivity contribution in [1.82, 2.24) is 0 Å². The first-order chi connectivity index (χ1) is 9.10. The van der Waals surface area contributed by atoms with E-state index in [0.29, 0.717) is 12.1 Å². The maximum absolute atomic E-state index is 13.4. The van der Waals surface area contributed by atoms with Crippen LogP contribution >= 0.6 is 15.9 Å². The third-order valence-corrected chi connectivity index (χ3v) is 3.54. The van der Waals surface area contributed by atoms with Crippen molar-refractivity contribution in [1.29, 1.82) is 0 Å². The molecule has 0 saturated heterocycles. The molecule has 4 heteroatoms. The quantitative estimate of drug-likeness (QED) is 0.893. The second-order valence-corrected chi connectivity index (χ2v) is 5.14. The van der Waals surface area contributed by atoms with Crippen molar-refractivity contribution in [3.8, 4) is 5.75 Å². The summed E-state index contributed by atoms with van der Waals surface area (Å²) < 4.78 is 19.6. The van der Waals surface area contributed by atoms with E-state index in [-0.39, 0.29) is 5.82 Å². The highest BCUT2D eigenvalue weighted by Crippen LogP contribution is 2.28. The van der Waals surface area contributed by atoms with Gasteiger partial charge in [0, 0.05) is 18.3 Å². The van der Waals surface area contributed by atoms with Crippen LogP contribution in [0.5, 0.6) is 5.75 Å². The Morgan fingerprint density at radius 1 is 1.21 bits per heavy atom. The molecule has 0 radical (unpaired) electrons. The lowest BCUT2D eigenvalue weighted by Crippen LogP contribution is -2.00. The summed E-state index contributed by atoms with van der Waals surface area (Å²) >= 11 is 3.40. The van der Waals surface area contributed by atoms with E-state index in [1.54, 1.807) is 26.2 Å². The molecular formula is C15H15BrFNO. The number of anilines is 1. The number of aryl methyl sites for hydroxylation is 1. The monoisotopic (exact) mass is 323 g/mol. The molecule has 0 unspecified atom stereocenters. The largest absolute Gasteiger partial charge is 0.495 e. The van der Waals surface area contributed by atoms with Gasteiger partial charge < -0.3 is 10.1 Å². The lowest BCUT2D eigenvalue weighted by atomic mass is 10.1. The van der Waals surface area contributed by atoms with Gasteiger partial charge in [-0.05, 0) is 52.2 Å². The van der Waals surface area contributed by atoms with E-state index in [0.717, 1.165) is 21.5 Å². The minimum Gasteiger partial charge on any atom is -0.495 e. The Labute approximate surface area is 120 Å². The number of methoxy groups -OCH3 is 1. The summed E-state index contributed by atoms with van der Waals surface area (Å²) in [6, 6.07) is 11.0. The molecule has 0 heterocycles. The van der Waals surface area contributed by atoms with E-state index in [9.17, 15) is 4.39 Å². The van der Waals surface area contributed by atoms with Crippen molar-refractivity contribution in [2.24, 2.45) is 0 Å². The summed E-state index contributed by atoms with van der Waals surface area (Å²) in [5.74, 6) is 0.591. The molecule has 0 aromatic heterocycles. The summed E-state index contributed by atoms with van der Waals surface area (Å²) in [5, 5.41) is 3.24. The van der Waals surface area contributed by atoms with Crippen LogP contribution in [0.3, 0.4) is 0 Å². The molecule has 0 aliphatic carbocycles. The fourth-order valence-corrected chi connectivity index (χ4v) is 2.13. The van der Waals surface area contributed by atoms with Crippen molar-refractivity contribution in [3.05, 3.63) is 57.8 Å². The zero-order valence-electron chi connectivity index (χ0n) is 10.8. The van der Waals surface area contributed by atoms with Crippen LogP contribution in [0.4, 0.5) is 10.1 Å². The van der Waals surface area contributed by atoms with Gasteiger partial charge in [0.25, 0.3) is 0 Å². The third-order valence-electron chi connectivity index (χ3n) is 2.88. The smallest absolute Gasteiger partial charge is 0.135 e. The first-order valence-corrected chi connectivity index (χ1v) is 6.72. The Bertz CT molecular complexity index is 586. The van der Waals surface area contributed by atoms with Gasteiger partial charge in [0.05, 0.1) is 11.6 Å². The molecule has 2 rings (SSSR count). The SMILES string of the molecule is COc1cc(NCc2ccc(C)c(F)c2)ccc1Br. The fourth-order valence-electron chi connectivity index (χ4n) is 1.72. The molecule has 2 aromatic carbocycles. The van der Waals surface area contributed by atoms with Crippen LogP contribution in [0.25, 0.3) is 0 Å². The zero-order valence-corrected chi connectivity index (χ0v) is 12.4. The number of benzene rings is 2. The minimum absolute atomic E-state index is 0.173. The molecule has 0 amide bonds. The topological polar surface area (TPSA) is 21.3 Å². The molecule has 0 bridgehead atoms. The first kappa shape index (κ1) is 13.9. The average molecular weight is 324 g/mol. The second kappa shape index (κ2) is 6.06. The van der Waals surface area contributed by atoms with Crippen LogP contribution in [0, 0.1) is 12.7 Å². The second-order valence-electron chi connectivity index (χ2n) is 4.29. The van der Waals surface area contributed by atoms with E-state index in [4.69, 9.17) is 4.74 Å². The Morgan fingerprint density at radius 3 is 2.68 bits per heavy atom. The van der Waals surface area contributed by atoms with Crippen molar-refractivity contribution < 1.29 is 9.13 Å². The summed E-state index contributed by atoms with van der Waals surface area (Å²) in [6.07, 6.45) is 0. The Balaban J connectivity index is 2.07. The summed E-state index contributed by atoms with van der Waals surface area (Å²) in [5.41, 5.74) is 2.50. The highest BCUT2D eigenvalue weighted by molar-refractivity contribution is 9.10. The van der Waals surface area contributed by atoms with Crippen molar-refractivity contribution in [3.63, 3.8) is 0 Å². The molecule has 19 heavy (non-hydrogen) atoms. The van der Waals surface area contributed by atoms with Gasteiger partial charge in [0.2, 0.25) is 0 Å². The van der Waals surface area contributed by atoms with Crippen LogP contribution in [-0.4, -0.2) is 7.11 Å². The number of nitrogens with one attached hydrogen (secondary N) is 1. The van der Waals surface area contributed by atoms with Crippen LogP contribution in [0.15, 0.2) is 40.9 Å². The predicted octanol–water partition coefficient (Wildman–Crippen LogP) is 4.52. The Hall–Kier alpha value is -1.55. The van der Waals surface area contributed by atoms with E-state index in [2.05, 4.69) is 21.2 Å². The Kier molecular flexibility index (Phi) is 4.43. The lowest BCUT2D eigenvalue weighted by molar-refractivity contribution is 0.412. The maximum Gasteiger partial charge on any atom is 0.135 e. The highest BCUT2D eigenvalue weighted by Gasteiger charge is 2.03. The molecule has 0 atom stereocenters. The molecule has 0 saturated carbocycles. The van der Waals surface area contributed by atoms with Gasteiger partial charge in [-0.2, -0.15) is 0 Å². The molecule has 2 aromatic rings. The molecule has 100 valence electrons. The highest BCUT2D eigenvalue weighted by atomic mass is 79.9. The van der Waals surface area contributed by atoms with Gasteiger partial charge in [-0.3, -0.25) is 0 Å². The maximum atomic E-state index is 13.4. The van der Waals surface area contributed by atoms with E-state index in [1.807, 2.05) is 24.3 Å². The lowest BCUT2D eigenvalue weighted by Gasteiger charge is -2.10. The molecule has 0 aliphatic heterocycles. The van der Waals surface area contributed by atoms with Gasteiger partial charge in [0.1, 0.15) is 11.6 Å². The summed E-state index contributed by atoms with van der Waals surface area (Å²) in [7, 11) is 1.62. The fraction of sp³-hybridized carbons (Fsp3) is 0.200. The molecule has 2 nitrogen and oxygen atoms in total. The van der Waals surface area contributed by atoms with E-state index in [1.165, 1.54) is 0 Å². The van der Waals surface area contributed by atoms with Crippen LogP contribution < -0.4 is 10.1 Å². The molecule has 0 fully saturated rings. The van der Waals surface area contributed by atoms with Gasteiger partial charge in [-0.25, -0.2) is 4.39 Å². The van der Waals surface area contributed by atoms with Crippen molar-refractivity contribution >= 4 is 21.6 Å². The van der Waals surface area contributed by atoms with Gasteiger partial charge in [0.15, 0.2) is 0 Å². The third kappa shape index (κ3) is 3.47. The first-order valence-electron chi connectivity index (χ1n) is 5.92. The minimum atomic E-state index is -0.173. The predicted molar refractivity (Wildman–Crippen MR) is 79.2 cm³/mol. The molecule has 0 spiro atoms. The normalized spacial score (nSPS) is 10.3.